The van der Waals surface area contributed by atoms with E-state index >= 15 is 0 Å². The fourth-order valence-corrected chi connectivity index (χ4v) is 3.49. The number of carbonyl (C=O) groups excluding carboxylic acids is 1. The first-order valence-corrected chi connectivity index (χ1v) is 10.4. The van der Waals surface area contributed by atoms with Gasteiger partial charge in [0.15, 0.2) is 0 Å². The lowest BCUT2D eigenvalue weighted by Crippen LogP contribution is -2.16. The molecule has 0 aliphatic heterocycles. The Morgan fingerprint density at radius 3 is 2.25 bits per heavy atom. The molecule has 150 valence electrons. The van der Waals surface area contributed by atoms with Crippen LogP contribution in [-0.4, -0.2) is 31.5 Å². The summed E-state index contributed by atoms with van der Waals surface area (Å²) in [5, 5.41) is 0. The van der Waals surface area contributed by atoms with Crippen molar-refractivity contribution in [2.75, 3.05) is 11.8 Å². The third-order valence-corrected chi connectivity index (χ3v) is 4.72. The fraction of sp³-hybridized carbons (Fsp3) is 0.250. The van der Waals surface area contributed by atoms with Gasteiger partial charge >= 0.3 is 5.97 Å². The van der Waals surface area contributed by atoms with Gasteiger partial charge in [-0.05, 0) is 24.3 Å². The predicted octanol–water partition coefficient (Wildman–Crippen LogP) is 4.27. The summed E-state index contributed by atoms with van der Waals surface area (Å²) in [6, 6.07) is 10.9. The zero-order chi connectivity index (χ0) is 21.2. The first-order valence-electron chi connectivity index (χ1n) is 8.93. The minimum Gasteiger partial charge on any atom is -0.465 e. The average molecular weight is 404 g/mol. The Morgan fingerprint density at radius 2 is 1.57 bits per heavy atom. The molecule has 0 bridgehead atoms. The van der Waals surface area contributed by atoms with Crippen LogP contribution >= 0.6 is 0 Å². The van der Waals surface area contributed by atoms with Crippen molar-refractivity contribution in [2.24, 2.45) is 0 Å². The van der Waals surface area contributed by atoms with Gasteiger partial charge in [-0.1, -0.05) is 45.9 Å². The number of para-hydroxylation sites is 2. The lowest BCUT2D eigenvalue weighted by Gasteiger charge is -2.12. The minimum atomic E-state index is -3.96. The fourth-order valence-electron chi connectivity index (χ4n) is 2.24. The number of anilines is 1. The van der Waals surface area contributed by atoms with Crippen molar-refractivity contribution in [3.05, 3.63) is 60.4 Å². The molecule has 0 spiro atoms. The van der Waals surface area contributed by atoms with Gasteiger partial charge in [0.2, 0.25) is 0 Å². The van der Waals surface area contributed by atoms with Gasteiger partial charge in [-0.15, -0.1) is 0 Å². The molecule has 28 heavy (non-hydrogen) atoms. The standard InChI is InChI=1S/C16H13N3O4S.2C2H6/c1-23-16(20)11-5-2-3-6-12(11)19-24(21,22)14-8-4-7-13-15(14)18-10-9-17-13;2*1-2/h2-10,19H,1H3;2*1-2H3. The number of hydrogen-bond donors (Lipinski definition) is 1. The summed E-state index contributed by atoms with van der Waals surface area (Å²) in [5.74, 6) is -0.633. The van der Waals surface area contributed by atoms with Gasteiger partial charge in [-0.2, -0.15) is 0 Å². The molecule has 0 unspecified atom stereocenters. The maximum absolute atomic E-state index is 12.7. The Balaban J connectivity index is 0.000000921. The van der Waals surface area contributed by atoms with Gasteiger partial charge in [-0.3, -0.25) is 14.7 Å². The second kappa shape index (κ2) is 11.0. The summed E-state index contributed by atoms with van der Waals surface area (Å²) >= 11 is 0. The highest BCUT2D eigenvalue weighted by atomic mass is 32.2. The van der Waals surface area contributed by atoms with Crippen molar-refractivity contribution in [1.82, 2.24) is 9.97 Å². The molecule has 0 saturated heterocycles. The van der Waals surface area contributed by atoms with Crippen molar-refractivity contribution in [3.63, 3.8) is 0 Å². The molecular weight excluding hydrogens is 378 g/mol. The second-order valence-corrected chi connectivity index (χ2v) is 6.47. The monoisotopic (exact) mass is 403 g/mol. The largest absolute Gasteiger partial charge is 0.465 e. The second-order valence-electron chi connectivity index (χ2n) is 4.82. The van der Waals surface area contributed by atoms with Crippen LogP contribution in [0, 0.1) is 0 Å². The molecule has 8 heteroatoms. The van der Waals surface area contributed by atoms with Gasteiger partial charge in [0, 0.05) is 12.4 Å². The van der Waals surface area contributed by atoms with Gasteiger partial charge in [0.1, 0.15) is 10.4 Å². The number of aromatic nitrogens is 2. The van der Waals surface area contributed by atoms with Crippen LogP contribution in [0.4, 0.5) is 5.69 Å². The van der Waals surface area contributed by atoms with Crippen LogP contribution in [0.2, 0.25) is 0 Å². The van der Waals surface area contributed by atoms with Crippen LogP contribution in [0.15, 0.2) is 59.8 Å². The van der Waals surface area contributed by atoms with E-state index in [1.807, 2.05) is 27.7 Å². The van der Waals surface area contributed by atoms with E-state index in [0.717, 1.165) is 0 Å². The summed E-state index contributed by atoms with van der Waals surface area (Å²) in [6.07, 6.45) is 2.91. The zero-order valence-corrected chi connectivity index (χ0v) is 17.4. The first-order chi connectivity index (χ1) is 13.5. The molecule has 1 aromatic heterocycles. The molecule has 1 heterocycles. The quantitative estimate of drug-likeness (QED) is 0.653. The van der Waals surface area contributed by atoms with Crippen molar-refractivity contribution >= 4 is 32.7 Å². The number of fused-ring (bicyclic) bond motifs is 1. The van der Waals surface area contributed by atoms with Gasteiger partial charge < -0.3 is 4.74 Å². The van der Waals surface area contributed by atoms with E-state index in [1.165, 1.54) is 37.7 Å². The molecule has 1 N–H and O–H groups in total. The number of rotatable bonds is 4. The van der Waals surface area contributed by atoms with Gasteiger partial charge in [0.25, 0.3) is 10.0 Å². The molecule has 0 aliphatic carbocycles. The molecule has 0 radical (unpaired) electrons. The van der Waals surface area contributed by atoms with Crippen LogP contribution in [0.1, 0.15) is 38.1 Å². The van der Waals surface area contributed by atoms with E-state index in [0.29, 0.717) is 5.52 Å². The van der Waals surface area contributed by atoms with E-state index in [1.54, 1.807) is 24.3 Å². The van der Waals surface area contributed by atoms with Crippen molar-refractivity contribution < 1.29 is 17.9 Å². The molecule has 0 amide bonds. The van der Waals surface area contributed by atoms with Crippen LogP contribution in [0.5, 0.6) is 0 Å². The molecule has 3 aromatic rings. The van der Waals surface area contributed by atoms with Crippen LogP contribution in [0.25, 0.3) is 11.0 Å². The molecule has 0 saturated carbocycles. The molecule has 0 aliphatic rings. The molecule has 0 fully saturated rings. The third-order valence-electron chi connectivity index (χ3n) is 3.33. The van der Waals surface area contributed by atoms with E-state index < -0.39 is 16.0 Å². The number of nitrogens with one attached hydrogen (secondary N) is 1. The molecule has 2 aromatic carbocycles. The maximum atomic E-state index is 12.7. The number of nitrogens with zero attached hydrogens (tertiary/aromatic N) is 2. The van der Waals surface area contributed by atoms with Crippen molar-refractivity contribution in [3.8, 4) is 0 Å². The predicted molar refractivity (Wildman–Crippen MR) is 111 cm³/mol. The molecule has 3 rings (SSSR count). The summed E-state index contributed by atoms with van der Waals surface area (Å²) in [6.45, 7) is 8.00. The van der Waals surface area contributed by atoms with Crippen molar-refractivity contribution in [1.29, 1.82) is 0 Å². The topological polar surface area (TPSA) is 98.2 Å². The average Bonchev–Trinajstić information content (AvgIpc) is 2.75. The number of sulfonamides is 1. The summed E-state index contributed by atoms with van der Waals surface area (Å²) in [4.78, 5) is 20.0. The highest BCUT2D eigenvalue weighted by molar-refractivity contribution is 7.93. The highest BCUT2D eigenvalue weighted by Gasteiger charge is 2.21. The SMILES string of the molecule is CC.CC.COC(=O)c1ccccc1NS(=O)(=O)c1cccc2nccnc12. The van der Waals surface area contributed by atoms with Crippen molar-refractivity contribution in [2.45, 2.75) is 32.6 Å². The number of methoxy groups -OCH3 is 1. The maximum Gasteiger partial charge on any atom is 0.339 e. The molecular formula is C20H25N3O4S. The number of hydrogen-bond acceptors (Lipinski definition) is 6. The lowest BCUT2D eigenvalue weighted by atomic mass is 10.2. The normalized spacial score (nSPS) is 10.0. The highest BCUT2D eigenvalue weighted by Crippen LogP contribution is 2.24. The minimum absolute atomic E-state index is 0.0206. The Labute approximate surface area is 165 Å². The lowest BCUT2D eigenvalue weighted by molar-refractivity contribution is 0.0602. The van der Waals surface area contributed by atoms with Gasteiger partial charge in [-0.25, -0.2) is 13.2 Å². The number of ether oxygens (including phenoxy) is 1. The number of esters is 1. The summed E-state index contributed by atoms with van der Waals surface area (Å²) in [7, 11) is -2.73. The van der Waals surface area contributed by atoms with E-state index in [-0.39, 0.29) is 21.7 Å². The third kappa shape index (κ3) is 5.26. The zero-order valence-electron chi connectivity index (χ0n) is 16.6. The number of benzene rings is 2. The van der Waals surface area contributed by atoms with E-state index in [4.69, 9.17) is 0 Å². The Bertz CT molecular complexity index is 1020. The smallest absolute Gasteiger partial charge is 0.339 e. The van der Waals surface area contributed by atoms with Gasteiger partial charge in [0.05, 0.1) is 23.9 Å². The summed E-state index contributed by atoms with van der Waals surface area (Å²) < 4.78 is 32.6. The molecule has 0 atom stereocenters. The van der Waals surface area contributed by atoms with E-state index in [2.05, 4.69) is 19.4 Å². The van der Waals surface area contributed by atoms with E-state index in [9.17, 15) is 13.2 Å². The van der Waals surface area contributed by atoms with Crippen LogP contribution in [0.3, 0.4) is 0 Å². The Hall–Kier alpha value is -3.00. The molecule has 7 nitrogen and oxygen atoms in total. The first kappa shape index (κ1) is 23.0. The Morgan fingerprint density at radius 1 is 0.929 bits per heavy atom. The van der Waals surface area contributed by atoms with Crippen LogP contribution < -0.4 is 4.72 Å². The number of carbonyl (C=O) groups is 1. The Kier molecular flexibility index (Phi) is 9.04. The van der Waals surface area contributed by atoms with Crippen LogP contribution in [-0.2, 0) is 14.8 Å². The summed E-state index contributed by atoms with van der Waals surface area (Å²) in [5.41, 5.74) is 0.963.